The summed E-state index contributed by atoms with van der Waals surface area (Å²) in [4.78, 5) is 0. The van der Waals surface area contributed by atoms with E-state index in [-0.39, 0.29) is 0 Å². The quantitative estimate of drug-likeness (QED) is 0.219. The van der Waals surface area contributed by atoms with E-state index in [1.54, 1.807) is 12.8 Å². The summed E-state index contributed by atoms with van der Waals surface area (Å²) in [6.07, 6.45) is 21.3. The Kier molecular flexibility index (Phi) is 9.26. The van der Waals surface area contributed by atoms with E-state index in [4.69, 9.17) is 16.2 Å². The predicted octanol–water partition coefficient (Wildman–Crippen LogP) is 9.29. The molecule has 4 aliphatic rings. The number of hydrogen-bond donors (Lipinski definition) is 2. The molecule has 4 fully saturated rings. The van der Waals surface area contributed by atoms with Crippen molar-refractivity contribution in [1.82, 2.24) is 0 Å². The van der Waals surface area contributed by atoms with Gasteiger partial charge in [0.1, 0.15) is 0 Å². The van der Waals surface area contributed by atoms with Crippen LogP contribution in [0, 0.1) is 52.3 Å². The van der Waals surface area contributed by atoms with E-state index < -0.39 is 0 Å². The Hall–Kier alpha value is -1.22. The van der Waals surface area contributed by atoms with Gasteiger partial charge in [0, 0.05) is 24.6 Å². The van der Waals surface area contributed by atoms with Crippen molar-refractivity contribution in [3.05, 3.63) is 23.8 Å². The largest absolute Gasteiger partial charge is 0.399 e. The molecule has 0 heterocycles. The van der Waals surface area contributed by atoms with Crippen LogP contribution in [0.15, 0.2) is 18.2 Å². The molecule has 4 saturated carbocycles. The Bertz CT molecular complexity index is 926. The molecular formula is C36H60N2O. The molecule has 1 aromatic rings. The highest BCUT2D eigenvalue weighted by Crippen LogP contribution is 2.68. The summed E-state index contributed by atoms with van der Waals surface area (Å²) in [7, 11) is 0. The average molecular weight is 537 g/mol. The maximum Gasteiger partial charge on any atom is 0.0491 e. The van der Waals surface area contributed by atoms with Crippen LogP contribution in [0.3, 0.4) is 0 Å². The molecular weight excluding hydrogens is 476 g/mol. The zero-order valence-electron chi connectivity index (χ0n) is 25.9. The zero-order chi connectivity index (χ0) is 27.6. The summed E-state index contributed by atoms with van der Waals surface area (Å²) in [5.41, 5.74) is 15.8. The van der Waals surface area contributed by atoms with Gasteiger partial charge in [-0.2, -0.15) is 0 Å². The minimum atomic E-state index is 0.612. The first-order chi connectivity index (χ1) is 18.7. The van der Waals surface area contributed by atoms with E-state index in [0.29, 0.717) is 16.7 Å². The van der Waals surface area contributed by atoms with Crippen LogP contribution >= 0.6 is 0 Å². The number of nitrogens with two attached hydrogens (primary N) is 2. The highest BCUT2D eigenvalue weighted by atomic mass is 16.5. The zero-order valence-corrected chi connectivity index (χ0v) is 25.9. The highest BCUT2D eigenvalue weighted by Gasteiger charge is 2.60. The maximum atomic E-state index is 6.06. The van der Waals surface area contributed by atoms with Gasteiger partial charge in [-0.3, -0.25) is 0 Å². The van der Waals surface area contributed by atoms with Gasteiger partial charge in [-0.05, 0) is 147 Å². The molecule has 0 amide bonds. The molecule has 0 saturated heterocycles. The first-order valence-electron chi connectivity index (χ1n) is 16.9. The van der Waals surface area contributed by atoms with Crippen molar-refractivity contribution >= 4 is 11.4 Å². The lowest BCUT2D eigenvalue weighted by molar-refractivity contribution is -0.114. The van der Waals surface area contributed by atoms with Crippen LogP contribution in [-0.4, -0.2) is 13.2 Å². The van der Waals surface area contributed by atoms with Gasteiger partial charge in [0.2, 0.25) is 0 Å². The Balaban J connectivity index is 1.03. The number of hydrogen-bond acceptors (Lipinski definition) is 3. The standard InChI is InChI=1S/C36H60N2O/c1-25(24-39-20-8-11-27-21-29(37)23-30(38)22-27)9-7-10-26(2)32-15-16-33-31-14-13-28-12-5-6-18-35(28,3)34(31)17-19-36(32,33)4/h21-23,25-26,28,31-34H,5-20,24,37-38H2,1-4H3/t25?,26?,28?,31-,32+,33-,34-,35-,36+/m0/s1. The first-order valence-corrected chi connectivity index (χ1v) is 16.9. The number of ether oxygens (including phenoxy) is 1. The Labute approximate surface area is 240 Å². The molecule has 1 aromatic carbocycles. The van der Waals surface area contributed by atoms with Crippen molar-refractivity contribution in [2.24, 2.45) is 52.3 Å². The summed E-state index contributed by atoms with van der Waals surface area (Å²) in [5, 5.41) is 0. The van der Waals surface area contributed by atoms with Gasteiger partial charge in [0.05, 0.1) is 0 Å². The van der Waals surface area contributed by atoms with Crippen LogP contribution in [0.4, 0.5) is 11.4 Å². The normalized spacial score (nSPS) is 37.5. The molecule has 3 heteroatoms. The minimum Gasteiger partial charge on any atom is -0.399 e. The molecule has 5 rings (SSSR count). The van der Waals surface area contributed by atoms with Crippen molar-refractivity contribution in [2.45, 2.75) is 124 Å². The summed E-state index contributed by atoms with van der Waals surface area (Å²) in [6.45, 7) is 12.2. The summed E-state index contributed by atoms with van der Waals surface area (Å²) in [6, 6.07) is 5.88. The van der Waals surface area contributed by atoms with E-state index in [2.05, 4.69) is 27.7 Å². The molecule has 4 aliphatic carbocycles. The molecule has 0 spiro atoms. The van der Waals surface area contributed by atoms with E-state index in [9.17, 15) is 0 Å². The fraction of sp³-hybridized carbons (Fsp3) is 0.833. The number of rotatable bonds is 11. The fourth-order valence-corrected chi connectivity index (χ4v) is 10.9. The Morgan fingerprint density at radius 2 is 1.59 bits per heavy atom. The van der Waals surface area contributed by atoms with Crippen LogP contribution in [-0.2, 0) is 11.2 Å². The number of anilines is 2. The van der Waals surface area contributed by atoms with Crippen molar-refractivity contribution < 1.29 is 4.74 Å². The summed E-state index contributed by atoms with van der Waals surface area (Å²) in [5.74, 6) is 6.60. The van der Waals surface area contributed by atoms with Crippen molar-refractivity contribution in [3.63, 3.8) is 0 Å². The first kappa shape index (κ1) is 29.3. The Morgan fingerprint density at radius 3 is 2.38 bits per heavy atom. The average Bonchev–Trinajstić information content (AvgIpc) is 3.25. The van der Waals surface area contributed by atoms with Gasteiger partial charge < -0.3 is 16.2 Å². The lowest BCUT2D eigenvalue weighted by Crippen LogP contribution is -2.53. The molecule has 0 aliphatic heterocycles. The van der Waals surface area contributed by atoms with Gasteiger partial charge >= 0.3 is 0 Å². The van der Waals surface area contributed by atoms with E-state index in [1.807, 2.05) is 18.2 Å². The number of aryl methyl sites for hydroxylation is 1. The fourth-order valence-electron chi connectivity index (χ4n) is 10.9. The van der Waals surface area contributed by atoms with E-state index in [1.165, 1.54) is 76.2 Å². The SMILES string of the molecule is CC(CCCC(C)[C@H]1CC[C@H]2[C@@H]3CCC4CCCC[C@]4(C)[C@H]3CC[C@]12C)COCCCc1cc(N)cc(N)c1. The molecule has 0 radical (unpaired) electrons. The lowest BCUT2D eigenvalue weighted by atomic mass is 9.44. The van der Waals surface area contributed by atoms with Crippen molar-refractivity contribution in [2.75, 3.05) is 24.7 Å². The van der Waals surface area contributed by atoms with Gasteiger partial charge in [0.25, 0.3) is 0 Å². The molecule has 0 bridgehead atoms. The van der Waals surface area contributed by atoms with Gasteiger partial charge in [0.15, 0.2) is 0 Å². The lowest BCUT2D eigenvalue weighted by Gasteiger charge is -2.61. The monoisotopic (exact) mass is 536 g/mol. The molecule has 9 atom stereocenters. The number of benzene rings is 1. The highest BCUT2D eigenvalue weighted by molar-refractivity contribution is 5.54. The third-order valence-electron chi connectivity index (χ3n) is 12.9. The second kappa shape index (κ2) is 12.3. The maximum absolute atomic E-state index is 6.06. The molecule has 220 valence electrons. The minimum absolute atomic E-state index is 0.612. The van der Waals surface area contributed by atoms with Crippen LogP contribution in [0.2, 0.25) is 0 Å². The van der Waals surface area contributed by atoms with E-state index in [0.717, 1.165) is 72.9 Å². The third-order valence-corrected chi connectivity index (χ3v) is 12.9. The molecule has 4 N–H and O–H groups in total. The van der Waals surface area contributed by atoms with E-state index >= 15 is 0 Å². The third kappa shape index (κ3) is 6.19. The molecule has 3 unspecified atom stereocenters. The molecule has 3 nitrogen and oxygen atoms in total. The smallest absolute Gasteiger partial charge is 0.0491 e. The van der Waals surface area contributed by atoms with Gasteiger partial charge in [-0.1, -0.05) is 53.4 Å². The second-order valence-electron chi connectivity index (χ2n) is 15.3. The van der Waals surface area contributed by atoms with Crippen LogP contribution in [0.1, 0.15) is 123 Å². The second-order valence-corrected chi connectivity index (χ2v) is 15.3. The van der Waals surface area contributed by atoms with Crippen LogP contribution in [0.25, 0.3) is 0 Å². The molecule has 39 heavy (non-hydrogen) atoms. The summed E-state index contributed by atoms with van der Waals surface area (Å²) < 4.78 is 6.06. The summed E-state index contributed by atoms with van der Waals surface area (Å²) >= 11 is 0. The molecule has 0 aromatic heterocycles. The van der Waals surface area contributed by atoms with Gasteiger partial charge in [-0.25, -0.2) is 0 Å². The Morgan fingerprint density at radius 1 is 0.821 bits per heavy atom. The van der Waals surface area contributed by atoms with Crippen molar-refractivity contribution in [3.8, 4) is 0 Å². The predicted molar refractivity (Wildman–Crippen MR) is 166 cm³/mol. The number of fused-ring (bicyclic) bond motifs is 5. The topological polar surface area (TPSA) is 61.3 Å². The van der Waals surface area contributed by atoms with Gasteiger partial charge in [-0.15, -0.1) is 0 Å². The van der Waals surface area contributed by atoms with Crippen LogP contribution in [0.5, 0.6) is 0 Å². The number of nitrogen functional groups attached to an aromatic ring is 2. The van der Waals surface area contributed by atoms with Crippen LogP contribution < -0.4 is 11.5 Å². The van der Waals surface area contributed by atoms with Crippen molar-refractivity contribution in [1.29, 1.82) is 0 Å².